The second-order valence-corrected chi connectivity index (χ2v) is 5.59. The van der Waals surface area contributed by atoms with Gasteiger partial charge < -0.3 is 10.1 Å². The number of aromatic nitrogens is 1. The Labute approximate surface area is 126 Å². The van der Waals surface area contributed by atoms with Gasteiger partial charge in [0.2, 0.25) is 0 Å². The predicted octanol–water partition coefficient (Wildman–Crippen LogP) is 2.78. The lowest BCUT2D eigenvalue weighted by molar-refractivity contribution is 0.357. The largest absolute Gasteiger partial charge is 0.493 e. The summed E-state index contributed by atoms with van der Waals surface area (Å²) in [6.45, 7) is 0.831. The van der Waals surface area contributed by atoms with Crippen molar-refractivity contribution in [2.75, 3.05) is 13.7 Å². The quantitative estimate of drug-likeness (QED) is 0.884. The van der Waals surface area contributed by atoms with Crippen molar-refractivity contribution in [1.82, 2.24) is 10.3 Å². The van der Waals surface area contributed by atoms with E-state index in [0.717, 1.165) is 43.7 Å². The Bertz CT molecular complexity index is 583. The van der Waals surface area contributed by atoms with Crippen LogP contribution in [0.1, 0.15) is 23.2 Å². The molecule has 2 aromatic rings. The molecule has 0 aliphatic carbocycles. The topological polar surface area (TPSA) is 34.1 Å². The van der Waals surface area contributed by atoms with E-state index in [1.165, 1.54) is 11.1 Å². The van der Waals surface area contributed by atoms with E-state index in [1.807, 2.05) is 19.3 Å². The molecule has 0 bridgehead atoms. The smallest absolute Gasteiger partial charge is 0.122 e. The number of nitrogens with zero attached hydrogens (tertiary/aromatic N) is 1. The molecule has 1 aromatic carbocycles. The minimum absolute atomic E-state index is 0.462. The molecule has 1 unspecified atom stereocenters. The van der Waals surface area contributed by atoms with E-state index in [0.29, 0.717) is 6.04 Å². The van der Waals surface area contributed by atoms with Crippen LogP contribution in [0.25, 0.3) is 0 Å². The van der Waals surface area contributed by atoms with Crippen molar-refractivity contribution >= 4 is 0 Å². The van der Waals surface area contributed by atoms with Crippen LogP contribution >= 0.6 is 0 Å². The number of nitrogens with one attached hydrogen (secondary N) is 1. The molecule has 1 aliphatic rings. The van der Waals surface area contributed by atoms with Gasteiger partial charge in [-0.15, -0.1) is 0 Å². The lowest BCUT2D eigenvalue weighted by Gasteiger charge is -2.16. The molecule has 0 saturated carbocycles. The fourth-order valence-corrected chi connectivity index (χ4v) is 2.86. The van der Waals surface area contributed by atoms with Gasteiger partial charge in [0.25, 0.3) is 0 Å². The van der Waals surface area contributed by atoms with Crippen LogP contribution in [0.2, 0.25) is 0 Å². The molecule has 110 valence electrons. The van der Waals surface area contributed by atoms with E-state index >= 15 is 0 Å². The van der Waals surface area contributed by atoms with Gasteiger partial charge in [0, 0.05) is 30.8 Å². The number of benzene rings is 1. The number of pyridine rings is 1. The number of aryl methyl sites for hydroxylation is 1. The molecular formula is C18H22N2O. The van der Waals surface area contributed by atoms with E-state index in [9.17, 15) is 0 Å². The van der Waals surface area contributed by atoms with Crippen molar-refractivity contribution in [2.45, 2.75) is 31.7 Å². The monoisotopic (exact) mass is 282 g/mol. The van der Waals surface area contributed by atoms with Crippen molar-refractivity contribution in [1.29, 1.82) is 0 Å². The van der Waals surface area contributed by atoms with Crippen LogP contribution in [0.3, 0.4) is 0 Å². The highest BCUT2D eigenvalue weighted by Crippen LogP contribution is 2.26. The summed E-state index contributed by atoms with van der Waals surface area (Å²) < 4.78 is 5.56. The standard InChI is InChI=1S/C18H22N2O/c1-19-16(13-17-4-2-3-10-20-17)7-5-14-6-8-18-15(12-14)9-11-21-18/h2-4,6,8,10,12,16,19H,5,7,9,11,13H2,1H3. The van der Waals surface area contributed by atoms with Gasteiger partial charge in [0.1, 0.15) is 5.75 Å². The van der Waals surface area contributed by atoms with Gasteiger partial charge in [0.05, 0.1) is 6.61 Å². The molecule has 1 aliphatic heterocycles. The summed E-state index contributed by atoms with van der Waals surface area (Å²) in [4.78, 5) is 4.41. The first-order valence-corrected chi connectivity index (χ1v) is 7.67. The van der Waals surface area contributed by atoms with Gasteiger partial charge in [0.15, 0.2) is 0 Å². The highest BCUT2D eigenvalue weighted by atomic mass is 16.5. The Hall–Kier alpha value is -1.87. The summed E-state index contributed by atoms with van der Waals surface area (Å²) in [5, 5.41) is 3.41. The highest BCUT2D eigenvalue weighted by molar-refractivity contribution is 5.39. The third-order valence-electron chi connectivity index (χ3n) is 4.13. The summed E-state index contributed by atoms with van der Waals surface area (Å²) in [7, 11) is 2.03. The molecule has 0 amide bonds. The van der Waals surface area contributed by atoms with Crippen LogP contribution < -0.4 is 10.1 Å². The highest BCUT2D eigenvalue weighted by Gasteiger charge is 2.13. The fraction of sp³-hybridized carbons (Fsp3) is 0.389. The molecule has 3 rings (SSSR count). The molecule has 1 atom stereocenters. The summed E-state index contributed by atoms with van der Waals surface area (Å²) in [5.74, 6) is 1.07. The number of hydrogen-bond acceptors (Lipinski definition) is 3. The summed E-state index contributed by atoms with van der Waals surface area (Å²) >= 11 is 0. The van der Waals surface area contributed by atoms with Crippen LogP contribution in [0, 0.1) is 0 Å². The second-order valence-electron chi connectivity index (χ2n) is 5.59. The molecule has 1 N–H and O–H groups in total. The third kappa shape index (κ3) is 3.61. The first-order valence-electron chi connectivity index (χ1n) is 7.67. The van der Waals surface area contributed by atoms with E-state index in [2.05, 4.69) is 40.6 Å². The molecule has 0 fully saturated rings. The number of hydrogen-bond donors (Lipinski definition) is 1. The summed E-state index contributed by atoms with van der Waals surface area (Å²) in [5.41, 5.74) is 3.91. The molecule has 2 heterocycles. The summed E-state index contributed by atoms with van der Waals surface area (Å²) in [6.07, 6.45) is 6.10. The van der Waals surface area contributed by atoms with Crippen molar-refractivity contribution in [3.05, 3.63) is 59.4 Å². The first kappa shape index (κ1) is 14.1. The maximum Gasteiger partial charge on any atom is 0.122 e. The first-order chi connectivity index (χ1) is 10.3. The minimum Gasteiger partial charge on any atom is -0.493 e. The molecular weight excluding hydrogens is 260 g/mol. The Balaban J connectivity index is 1.58. The van der Waals surface area contributed by atoms with Gasteiger partial charge in [-0.25, -0.2) is 0 Å². The number of ether oxygens (including phenoxy) is 1. The Morgan fingerprint density at radius 2 is 2.24 bits per heavy atom. The van der Waals surface area contributed by atoms with E-state index in [4.69, 9.17) is 4.74 Å². The number of likely N-dealkylation sites (N-methyl/N-ethyl adjacent to an activating group) is 1. The Morgan fingerprint density at radius 1 is 1.29 bits per heavy atom. The summed E-state index contributed by atoms with van der Waals surface area (Å²) in [6, 6.07) is 13.2. The molecule has 0 saturated heterocycles. The molecule has 1 aromatic heterocycles. The fourth-order valence-electron chi connectivity index (χ4n) is 2.86. The molecule has 21 heavy (non-hydrogen) atoms. The van der Waals surface area contributed by atoms with Crippen LogP contribution in [0.15, 0.2) is 42.6 Å². The van der Waals surface area contributed by atoms with Gasteiger partial charge in [-0.3, -0.25) is 4.98 Å². The normalized spacial score (nSPS) is 14.5. The minimum atomic E-state index is 0.462. The Kier molecular flexibility index (Phi) is 4.51. The van der Waals surface area contributed by atoms with Crippen LogP contribution in [0.5, 0.6) is 5.75 Å². The van der Waals surface area contributed by atoms with E-state index < -0.39 is 0 Å². The average Bonchev–Trinajstić information content (AvgIpc) is 3.00. The zero-order chi connectivity index (χ0) is 14.5. The maximum atomic E-state index is 5.56. The number of fused-ring (bicyclic) bond motifs is 1. The van der Waals surface area contributed by atoms with Crippen LogP contribution in [0.4, 0.5) is 0 Å². The molecule has 0 spiro atoms. The molecule has 3 heteroatoms. The SMILES string of the molecule is CNC(CCc1ccc2c(c1)CCO2)Cc1ccccn1. The lowest BCUT2D eigenvalue weighted by atomic mass is 9.99. The zero-order valence-electron chi connectivity index (χ0n) is 12.5. The van der Waals surface area contributed by atoms with Gasteiger partial charge >= 0.3 is 0 Å². The molecule has 0 radical (unpaired) electrons. The van der Waals surface area contributed by atoms with Crippen LogP contribution in [-0.2, 0) is 19.3 Å². The zero-order valence-corrected chi connectivity index (χ0v) is 12.5. The lowest BCUT2D eigenvalue weighted by Crippen LogP contribution is -2.28. The van der Waals surface area contributed by atoms with E-state index in [-0.39, 0.29) is 0 Å². The van der Waals surface area contributed by atoms with Gasteiger partial charge in [-0.1, -0.05) is 18.2 Å². The van der Waals surface area contributed by atoms with E-state index in [1.54, 1.807) is 0 Å². The van der Waals surface area contributed by atoms with Crippen molar-refractivity contribution in [2.24, 2.45) is 0 Å². The maximum absolute atomic E-state index is 5.56. The van der Waals surface area contributed by atoms with Crippen molar-refractivity contribution < 1.29 is 4.74 Å². The average molecular weight is 282 g/mol. The second kappa shape index (κ2) is 6.72. The van der Waals surface area contributed by atoms with Gasteiger partial charge in [-0.2, -0.15) is 0 Å². The predicted molar refractivity (Wildman–Crippen MR) is 84.8 cm³/mol. The number of rotatable bonds is 6. The van der Waals surface area contributed by atoms with Crippen LogP contribution in [-0.4, -0.2) is 24.7 Å². The Morgan fingerprint density at radius 3 is 3.05 bits per heavy atom. The third-order valence-corrected chi connectivity index (χ3v) is 4.13. The van der Waals surface area contributed by atoms with Crippen molar-refractivity contribution in [3.63, 3.8) is 0 Å². The molecule has 3 nitrogen and oxygen atoms in total. The van der Waals surface area contributed by atoms with Crippen molar-refractivity contribution in [3.8, 4) is 5.75 Å². The van der Waals surface area contributed by atoms with Gasteiger partial charge in [-0.05, 0) is 49.2 Å².